The number of nitrogens with zero attached hydrogens (tertiary/aromatic N) is 1. The van der Waals surface area contributed by atoms with Crippen molar-refractivity contribution < 1.29 is 13.5 Å². The zero-order valence-electron chi connectivity index (χ0n) is 12.9. The van der Waals surface area contributed by atoms with Gasteiger partial charge in [-0.2, -0.15) is 5.10 Å². The third kappa shape index (κ3) is 3.17. The van der Waals surface area contributed by atoms with E-state index in [1.165, 1.54) is 18.2 Å². The zero-order chi connectivity index (χ0) is 17.1. The highest BCUT2D eigenvalue weighted by atomic mass is 19.1. The van der Waals surface area contributed by atoms with Gasteiger partial charge in [-0.3, -0.25) is 10.5 Å². The molecule has 0 atom stereocenters. The summed E-state index contributed by atoms with van der Waals surface area (Å²) in [6.45, 7) is 2.09. The first-order valence-electron chi connectivity index (χ1n) is 7.41. The van der Waals surface area contributed by atoms with Crippen molar-refractivity contribution in [3.05, 3.63) is 64.9 Å². The molecular formula is C18H15F2N3O. The molecule has 0 unspecified atom stereocenters. The van der Waals surface area contributed by atoms with Gasteiger partial charge < -0.3 is 4.74 Å². The molecule has 0 aliphatic heterocycles. The summed E-state index contributed by atoms with van der Waals surface area (Å²) in [6, 6.07) is 9.00. The van der Waals surface area contributed by atoms with Crippen LogP contribution in [0.4, 0.5) is 8.78 Å². The standard InChI is InChI=1S/C18H15F2N3O/c1-2-24-18(21)12-9-14-16(22-23-17(14)15(20)10-12)7-6-11-4-3-5-13(19)8-11/h3-10,21H,2H2,1H3,(H,22,23)/b7-6+,21-18?. The summed E-state index contributed by atoms with van der Waals surface area (Å²) in [7, 11) is 0. The van der Waals surface area contributed by atoms with E-state index in [0.717, 1.165) is 0 Å². The van der Waals surface area contributed by atoms with E-state index < -0.39 is 5.82 Å². The molecule has 2 N–H and O–H groups in total. The van der Waals surface area contributed by atoms with E-state index in [0.29, 0.717) is 28.8 Å². The quantitative estimate of drug-likeness (QED) is 0.552. The van der Waals surface area contributed by atoms with Gasteiger partial charge in [0.1, 0.15) is 11.3 Å². The van der Waals surface area contributed by atoms with Gasteiger partial charge in [-0.25, -0.2) is 8.78 Å². The Hall–Kier alpha value is -3.02. The van der Waals surface area contributed by atoms with Crippen LogP contribution in [0.5, 0.6) is 0 Å². The average molecular weight is 327 g/mol. The molecule has 0 radical (unpaired) electrons. The summed E-state index contributed by atoms with van der Waals surface area (Å²) in [5.74, 6) is -0.960. The minimum atomic E-state index is -0.534. The number of aromatic nitrogens is 2. The van der Waals surface area contributed by atoms with Crippen LogP contribution < -0.4 is 0 Å². The highest BCUT2D eigenvalue weighted by Crippen LogP contribution is 2.23. The van der Waals surface area contributed by atoms with Crippen molar-refractivity contribution in [2.24, 2.45) is 0 Å². The lowest BCUT2D eigenvalue weighted by Gasteiger charge is -2.05. The summed E-state index contributed by atoms with van der Waals surface area (Å²) in [4.78, 5) is 0. The number of halogens is 2. The van der Waals surface area contributed by atoms with Gasteiger partial charge in [0.2, 0.25) is 5.90 Å². The molecule has 122 valence electrons. The molecule has 0 fully saturated rings. The molecule has 6 heteroatoms. The van der Waals surface area contributed by atoms with Crippen LogP contribution in [0.15, 0.2) is 36.4 Å². The van der Waals surface area contributed by atoms with Crippen molar-refractivity contribution >= 4 is 29.0 Å². The van der Waals surface area contributed by atoms with Crippen LogP contribution in [0.3, 0.4) is 0 Å². The monoisotopic (exact) mass is 327 g/mol. The number of nitrogens with one attached hydrogen (secondary N) is 2. The molecule has 0 spiro atoms. The maximum absolute atomic E-state index is 14.2. The molecule has 3 rings (SSSR count). The topological polar surface area (TPSA) is 61.8 Å². The second kappa shape index (κ2) is 6.62. The maximum Gasteiger partial charge on any atom is 0.213 e. The lowest BCUT2D eigenvalue weighted by Crippen LogP contribution is -2.05. The first-order chi connectivity index (χ1) is 11.6. The Labute approximate surface area is 137 Å². The first kappa shape index (κ1) is 15.9. The van der Waals surface area contributed by atoms with Gasteiger partial charge in [0, 0.05) is 10.9 Å². The third-order valence-corrected chi connectivity index (χ3v) is 3.48. The summed E-state index contributed by atoms with van der Waals surface area (Å²) in [5, 5.41) is 15.0. The number of benzene rings is 2. The molecule has 0 saturated heterocycles. The van der Waals surface area contributed by atoms with Crippen LogP contribution in [-0.2, 0) is 4.74 Å². The van der Waals surface area contributed by atoms with Crippen LogP contribution in [-0.4, -0.2) is 22.7 Å². The highest BCUT2D eigenvalue weighted by molar-refractivity contribution is 5.98. The zero-order valence-corrected chi connectivity index (χ0v) is 12.9. The Morgan fingerprint density at radius 1 is 1.25 bits per heavy atom. The Balaban J connectivity index is 2.01. The molecule has 0 saturated carbocycles. The van der Waals surface area contributed by atoms with E-state index in [1.54, 1.807) is 37.3 Å². The summed E-state index contributed by atoms with van der Waals surface area (Å²) >= 11 is 0. The smallest absolute Gasteiger partial charge is 0.213 e. The Bertz CT molecular complexity index is 931. The largest absolute Gasteiger partial charge is 0.478 e. The second-order valence-electron chi connectivity index (χ2n) is 5.14. The minimum Gasteiger partial charge on any atom is -0.478 e. The van der Waals surface area contributed by atoms with Gasteiger partial charge in [0.15, 0.2) is 5.82 Å². The SMILES string of the molecule is CCOC(=N)c1cc(F)c2n[nH]c(/C=C/c3cccc(F)c3)c2c1. The van der Waals surface area contributed by atoms with Crippen molar-refractivity contribution in [3.8, 4) is 0 Å². The molecule has 1 heterocycles. The van der Waals surface area contributed by atoms with Crippen LogP contribution >= 0.6 is 0 Å². The van der Waals surface area contributed by atoms with Gasteiger partial charge in [-0.15, -0.1) is 0 Å². The predicted molar refractivity (Wildman–Crippen MR) is 89.8 cm³/mol. The molecule has 0 aliphatic rings. The van der Waals surface area contributed by atoms with E-state index in [1.807, 2.05) is 0 Å². The molecular weight excluding hydrogens is 312 g/mol. The molecule has 4 nitrogen and oxygen atoms in total. The van der Waals surface area contributed by atoms with Crippen molar-refractivity contribution in [2.45, 2.75) is 6.92 Å². The van der Waals surface area contributed by atoms with Crippen LogP contribution in [0.25, 0.3) is 23.1 Å². The number of rotatable bonds is 4. The first-order valence-corrected chi connectivity index (χ1v) is 7.41. The Morgan fingerprint density at radius 3 is 2.83 bits per heavy atom. The van der Waals surface area contributed by atoms with E-state index in [4.69, 9.17) is 10.1 Å². The van der Waals surface area contributed by atoms with Crippen LogP contribution in [0, 0.1) is 17.0 Å². The third-order valence-electron chi connectivity index (χ3n) is 3.48. The fourth-order valence-electron chi connectivity index (χ4n) is 2.37. The minimum absolute atomic E-state index is 0.0976. The predicted octanol–water partition coefficient (Wildman–Crippen LogP) is 4.37. The van der Waals surface area contributed by atoms with E-state index >= 15 is 0 Å². The van der Waals surface area contributed by atoms with Crippen molar-refractivity contribution in [2.75, 3.05) is 6.61 Å². The molecule has 0 bridgehead atoms. The van der Waals surface area contributed by atoms with E-state index in [9.17, 15) is 8.78 Å². The number of ether oxygens (including phenoxy) is 1. The summed E-state index contributed by atoms with van der Waals surface area (Å²) in [6.07, 6.45) is 3.39. The lowest BCUT2D eigenvalue weighted by atomic mass is 10.1. The van der Waals surface area contributed by atoms with Gasteiger partial charge >= 0.3 is 0 Å². The summed E-state index contributed by atoms with van der Waals surface area (Å²) in [5.41, 5.74) is 1.77. The van der Waals surface area contributed by atoms with Gasteiger partial charge in [-0.05, 0) is 42.8 Å². The van der Waals surface area contributed by atoms with Crippen LogP contribution in [0.2, 0.25) is 0 Å². The molecule has 0 amide bonds. The van der Waals surface area contributed by atoms with Gasteiger partial charge in [-0.1, -0.05) is 18.2 Å². The number of fused-ring (bicyclic) bond motifs is 1. The fourth-order valence-corrected chi connectivity index (χ4v) is 2.37. The van der Waals surface area contributed by atoms with E-state index in [2.05, 4.69) is 10.2 Å². The second-order valence-corrected chi connectivity index (χ2v) is 5.14. The van der Waals surface area contributed by atoms with Gasteiger partial charge in [0.25, 0.3) is 0 Å². The average Bonchev–Trinajstić information content (AvgIpc) is 2.97. The van der Waals surface area contributed by atoms with Crippen molar-refractivity contribution in [3.63, 3.8) is 0 Å². The Morgan fingerprint density at radius 2 is 2.08 bits per heavy atom. The molecule has 24 heavy (non-hydrogen) atoms. The molecule has 2 aromatic carbocycles. The summed E-state index contributed by atoms with van der Waals surface area (Å²) < 4.78 is 32.5. The molecule has 1 aromatic heterocycles. The number of hydrogen-bond acceptors (Lipinski definition) is 3. The number of aromatic amines is 1. The molecule has 3 aromatic rings. The number of H-pyrrole nitrogens is 1. The van der Waals surface area contributed by atoms with Crippen LogP contribution in [0.1, 0.15) is 23.7 Å². The molecule has 0 aliphatic carbocycles. The van der Waals surface area contributed by atoms with Crippen molar-refractivity contribution in [1.82, 2.24) is 10.2 Å². The highest BCUT2D eigenvalue weighted by Gasteiger charge is 2.13. The number of hydrogen-bond donors (Lipinski definition) is 2. The van der Waals surface area contributed by atoms with Crippen molar-refractivity contribution in [1.29, 1.82) is 5.41 Å². The van der Waals surface area contributed by atoms with E-state index in [-0.39, 0.29) is 17.2 Å². The fraction of sp³-hybridized carbons (Fsp3) is 0.111. The maximum atomic E-state index is 14.2. The van der Waals surface area contributed by atoms with Gasteiger partial charge in [0.05, 0.1) is 12.3 Å². The normalized spacial score (nSPS) is 11.3. The lowest BCUT2D eigenvalue weighted by molar-refractivity contribution is 0.325. The Kier molecular flexibility index (Phi) is 4.37.